The molecule has 0 saturated heterocycles. The number of thiazole rings is 1. The minimum atomic E-state index is -0.261. The first kappa shape index (κ1) is 18.7. The first-order valence-electron chi connectivity index (χ1n) is 8.32. The lowest BCUT2D eigenvalue weighted by atomic mass is 10.1. The number of rotatable bonds is 8. The molecule has 1 aromatic carbocycles. The fraction of sp³-hybridized carbons (Fsp3) is 0.211. The van der Waals surface area contributed by atoms with Crippen LogP contribution in [0, 0.1) is 0 Å². The van der Waals surface area contributed by atoms with E-state index in [9.17, 15) is 9.90 Å². The topological polar surface area (TPSA) is 96.8 Å². The van der Waals surface area contributed by atoms with Crippen molar-refractivity contribution < 1.29 is 14.7 Å². The highest BCUT2D eigenvalue weighted by Crippen LogP contribution is 2.21. The van der Waals surface area contributed by atoms with E-state index in [4.69, 9.17) is 9.57 Å². The Morgan fingerprint density at radius 1 is 1.22 bits per heavy atom. The van der Waals surface area contributed by atoms with E-state index in [0.717, 1.165) is 22.6 Å². The van der Waals surface area contributed by atoms with Crippen LogP contribution in [-0.2, 0) is 11.3 Å². The molecule has 0 saturated carbocycles. The highest BCUT2D eigenvalue weighted by molar-refractivity contribution is 7.09. The van der Waals surface area contributed by atoms with Crippen LogP contribution in [0.25, 0.3) is 0 Å². The van der Waals surface area contributed by atoms with Crippen molar-refractivity contribution in [3.8, 4) is 11.6 Å². The summed E-state index contributed by atoms with van der Waals surface area (Å²) in [6.07, 6.45) is 2.19. The molecule has 2 aromatic heterocycles. The number of nitrogens with zero attached hydrogens (tertiary/aromatic N) is 2. The van der Waals surface area contributed by atoms with E-state index < -0.39 is 0 Å². The van der Waals surface area contributed by atoms with Crippen molar-refractivity contribution in [2.75, 3.05) is 13.2 Å². The lowest BCUT2D eigenvalue weighted by Crippen LogP contribution is -2.06. The van der Waals surface area contributed by atoms with Gasteiger partial charge in [0.25, 0.3) is 0 Å². The second kappa shape index (κ2) is 9.00. The summed E-state index contributed by atoms with van der Waals surface area (Å²) >= 11 is 1.01. The fourth-order valence-electron chi connectivity index (χ4n) is 2.32. The maximum absolute atomic E-state index is 11.2. The molecule has 0 fully saturated rings. The van der Waals surface area contributed by atoms with Gasteiger partial charge in [-0.1, -0.05) is 34.7 Å². The molecule has 0 aliphatic heterocycles. The molecule has 0 aliphatic carbocycles. The molecule has 0 atom stereocenters. The van der Waals surface area contributed by atoms with Crippen molar-refractivity contribution in [1.29, 1.82) is 0 Å². The first-order valence-corrected chi connectivity index (χ1v) is 9.14. The van der Waals surface area contributed by atoms with Crippen LogP contribution in [0.4, 0.5) is 0 Å². The van der Waals surface area contributed by atoms with Crippen molar-refractivity contribution in [2.24, 2.45) is 5.16 Å². The molecule has 3 aromatic rings. The molecule has 0 bridgehead atoms. The van der Waals surface area contributed by atoms with Crippen molar-refractivity contribution in [3.05, 3.63) is 74.5 Å². The lowest BCUT2D eigenvalue weighted by molar-refractivity contribution is 0.107. The Kier molecular flexibility index (Phi) is 6.22. The Balaban J connectivity index is 1.44. The van der Waals surface area contributed by atoms with E-state index in [1.807, 2.05) is 49.4 Å². The summed E-state index contributed by atoms with van der Waals surface area (Å²) in [4.78, 5) is 23.4. The van der Waals surface area contributed by atoms with Crippen molar-refractivity contribution in [1.82, 2.24) is 9.97 Å². The molecule has 0 spiro atoms. The van der Waals surface area contributed by atoms with Crippen LogP contribution in [0.1, 0.15) is 23.1 Å². The van der Waals surface area contributed by atoms with Gasteiger partial charge in [0.1, 0.15) is 18.1 Å². The smallest absolute Gasteiger partial charge is 0.307 e. The van der Waals surface area contributed by atoms with Gasteiger partial charge >= 0.3 is 4.87 Å². The number of ether oxygens (including phenoxy) is 1. The highest BCUT2D eigenvalue weighted by Gasteiger charge is 2.07. The van der Waals surface area contributed by atoms with Crippen LogP contribution in [0.5, 0.6) is 11.6 Å². The average Bonchev–Trinajstić information content (AvgIpc) is 3.00. The van der Waals surface area contributed by atoms with Gasteiger partial charge in [0.05, 0.1) is 10.6 Å². The van der Waals surface area contributed by atoms with Gasteiger partial charge < -0.3 is 14.7 Å². The van der Waals surface area contributed by atoms with Gasteiger partial charge in [0, 0.05) is 12.6 Å². The zero-order valence-corrected chi connectivity index (χ0v) is 15.5. The first-order chi connectivity index (χ1) is 13.1. The molecule has 140 valence electrons. The average molecular weight is 385 g/mol. The number of aromatic nitrogens is 2. The van der Waals surface area contributed by atoms with Gasteiger partial charge in [0.2, 0.25) is 5.88 Å². The lowest BCUT2D eigenvalue weighted by Gasteiger charge is -2.07. The zero-order valence-electron chi connectivity index (χ0n) is 14.7. The number of aromatic amines is 1. The maximum atomic E-state index is 11.2. The third-order valence-electron chi connectivity index (χ3n) is 3.67. The number of nitrogens with one attached hydrogen (secondary N) is 1. The van der Waals surface area contributed by atoms with Crippen LogP contribution < -0.4 is 9.61 Å². The van der Waals surface area contributed by atoms with Crippen LogP contribution in [0.3, 0.4) is 0 Å². The Bertz CT molecular complexity index is 949. The predicted molar refractivity (Wildman–Crippen MR) is 104 cm³/mol. The summed E-state index contributed by atoms with van der Waals surface area (Å²) in [6, 6.07) is 13.1. The largest absolute Gasteiger partial charge is 0.494 e. The summed E-state index contributed by atoms with van der Waals surface area (Å²) in [5, 5.41) is 13.6. The number of hydrogen-bond donors (Lipinski definition) is 2. The molecule has 8 heteroatoms. The van der Waals surface area contributed by atoms with E-state index in [2.05, 4.69) is 15.1 Å². The Morgan fingerprint density at radius 2 is 2.04 bits per heavy atom. The third kappa shape index (κ3) is 5.42. The number of H-pyrrole nitrogens is 1. The van der Waals surface area contributed by atoms with Gasteiger partial charge in [-0.05, 0) is 36.8 Å². The SMILES string of the molecule is C/C(=N\OCCOc1ccc(Cc2sc(=O)[nH]c2O)cc1)c1ccccn1. The van der Waals surface area contributed by atoms with Crippen LogP contribution in [0.2, 0.25) is 0 Å². The molecule has 0 unspecified atom stereocenters. The Labute approximate surface area is 159 Å². The minimum absolute atomic E-state index is 0.0657. The second-order valence-electron chi connectivity index (χ2n) is 5.68. The van der Waals surface area contributed by atoms with E-state index in [-0.39, 0.29) is 10.8 Å². The predicted octanol–water partition coefficient (Wildman–Crippen LogP) is 2.95. The number of aromatic hydroxyl groups is 1. The molecule has 27 heavy (non-hydrogen) atoms. The molecular formula is C19H19N3O4S. The molecule has 2 N–H and O–H groups in total. The molecule has 7 nitrogen and oxygen atoms in total. The van der Waals surface area contributed by atoms with Crippen molar-refractivity contribution in [2.45, 2.75) is 13.3 Å². The normalized spacial score (nSPS) is 11.4. The third-order valence-corrected chi connectivity index (χ3v) is 4.54. The molecule has 0 aliphatic rings. The minimum Gasteiger partial charge on any atom is -0.494 e. The Hall–Kier alpha value is -3.13. The Morgan fingerprint density at radius 3 is 2.70 bits per heavy atom. The second-order valence-corrected chi connectivity index (χ2v) is 6.75. The summed E-state index contributed by atoms with van der Waals surface area (Å²) in [5.41, 5.74) is 2.45. The van der Waals surface area contributed by atoms with Crippen molar-refractivity contribution in [3.63, 3.8) is 0 Å². The monoisotopic (exact) mass is 385 g/mol. The van der Waals surface area contributed by atoms with Crippen LogP contribution in [0.15, 0.2) is 58.6 Å². The molecule has 0 amide bonds. The summed E-state index contributed by atoms with van der Waals surface area (Å²) < 4.78 is 5.61. The van der Waals surface area contributed by atoms with E-state index >= 15 is 0 Å². The molecule has 0 radical (unpaired) electrons. The molecule has 3 rings (SSSR count). The van der Waals surface area contributed by atoms with E-state index in [0.29, 0.717) is 36.0 Å². The standard InChI is InChI=1S/C19H19N3O4S/c1-13(16-4-2-3-9-20-16)22-26-11-10-25-15-7-5-14(6-8-15)12-17-18(23)21-19(24)27-17/h2-9,23H,10-12H2,1H3,(H,21,24)/b22-13+. The zero-order chi connectivity index (χ0) is 19.1. The fourth-order valence-corrected chi connectivity index (χ4v) is 3.08. The van der Waals surface area contributed by atoms with Gasteiger partial charge in [-0.3, -0.25) is 14.8 Å². The maximum Gasteiger partial charge on any atom is 0.307 e. The molecule has 2 heterocycles. The quantitative estimate of drug-likeness (QED) is 0.353. The number of oxime groups is 1. The number of hydrogen-bond acceptors (Lipinski definition) is 7. The van der Waals surface area contributed by atoms with Gasteiger partial charge in [0.15, 0.2) is 6.61 Å². The summed E-state index contributed by atoms with van der Waals surface area (Å²) in [6.45, 7) is 2.51. The van der Waals surface area contributed by atoms with E-state index in [1.165, 1.54) is 0 Å². The number of benzene rings is 1. The molecular weight excluding hydrogens is 366 g/mol. The van der Waals surface area contributed by atoms with Gasteiger partial charge in [-0.25, -0.2) is 0 Å². The van der Waals surface area contributed by atoms with Crippen LogP contribution >= 0.6 is 11.3 Å². The number of pyridine rings is 1. The van der Waals surface area contributed by atoms with Crippen molar-refractivity contribution >= 4 is 17.0 Å². The van der Waals surface area contributed by atoms with Gasteiger partial charge in [-0.15, -0.1) is 0 Å². The summed E-state index contributed by atoms with van der Waals surface area (Å²) in [7, 11) is 0. The van der Waals surface area contributed by atoms with Gasteiger partial charge in [-0.2, -0.15) is 0 Å². The summed E-state index contributed by atoms with van der Waals surface area (Å²) in [5.74, 6) is 0.642. The highest BCUT2D eigenvalue weighted by atomic mass is 32.1. The van der Waals surface area contributed by atoms with Crippen LogP contribution in [-0.4, -0.2) is 34.0 Å². The van der Waals surface area contributed by atoms with E-state index in [1.54, 1.807) is 6.20 Å².